The molecule has 0 fully saturated rings. The normalized spacial score (nSPS) is 11.5. The van der Waals surface area contributed by atoms with Crippen molar-refractivity contribution in [2.24, 2.45) is 0 Å². The van der Waals surface area contributed by atoms with Crippen molar-refractivity contribution in [3.05, 3.63) is 170 Å². The molecule has 8 aromatic heterocycles. The third-order valence-electron chi connectivity index (χ3n) is 13.0. The number of pyridine rings is 4. The molecule has 18 heteroatoms. The molecule has 74 heavy (non-hydrogen) atoms. The van der Waals surface area contributed by atoms with Crippen LogP contribution >= 0.6 is 0 Å². The van der Waals surface area contributed by atoms with Crippen molar-refractivity contribution in [1.82, 2.24) is 60.1 Å². The fourth-order valence-corrected chi connectivity index (χ4v) is 9.26. The molecule has 0 saturated heterocycles. The van der Waals surface area contributed by atoms with Gasteiger partial charge in [0.05, 0.1) is 40.7 Å². The van der Waals surface area contributed by atoms with E-state index in [1.807, 2.05) is 72.8 Å². The number of anilines is 2. The van der Waals surface area contributed by atoms with Gasteiger partial charge in [-0.1, -0.05) is 48.5 Å². The topological polar surface area (TPSA) is 205 Å². The molecule has 0 aliphatic heterocycles. The van der Waals surface area contributed by atoms with E-state index in [0.717, 1.165) is 88.3 Å². The summed E-state index contributed by atoms with van der Waals surface area (Å²) >= 11 is 0. The van der Waals surface area contributed by atoms with Crippen LogP contribution in [0.1, 0.15) is 5.56 Å². The number of nitrogens with zero attached hydrogens (tertiary/aromatic N) is 8. The van der Waals surface area contributed by atoms with E-state index >= 15 is 0 Å². The van der Waals surface area contributed by atoms with Crippen molar-refractivity contribution in [3.63, 3.8) is 0 Å². The lowest BCUT2D eigenvalue weighted by molar-refractivity contribution is 0.221. The van der Waals surface area contributed by atoms with Crippen LogP contribution in [0.15, 0.2) is 152 Å². The Labute approximate surface area is 419 Å². The number of hydrogen-bond acceptors (Lipinski definition) is 8. The number of fused-ring (bicyclic) bond motifs is 4. The molecular formula is C56H42F2N14O2. The molecule has 0 unspecified atom stereocenters. The van der Waals surface area contributed by atoms with Gasteiger partial charge in [0.2, 0.25) is 0 Å². The summed E-state index contributed by atoms with van der Waals surface area (Å²) in [5.74, 6) is -0.651. The highest BCUT2D eigenvalue weighted by atomic mass is 19.1. The Hall–Kier alpha value is -10.1. The van der Waals surface area contributed by atoms with Crippen LogP contribution in [-0.2, 0) is 6.54 Å². The van der Waals surface area contributed by atoms with Gasteiger partial charge in [-0.05, 0) is 94.5 Å². The number of aromatic amines is 4. The SMILES string of the molecule is CN(C)C(=O)Nc1cncc(-c2cnc3[nH]nc(-c4cc5c(-c6ccc(F)cc6)ccc(CN(C)C(=O)Nc6cncc(-c7cnc8[nH]nc(-c9cc%10c(-c%11cccc(F)c%11)cccc%10[nH]9)c8c7)c6)c5[nH]4)c3c2)c1. The summed E-state index contributed by atoms with van der Waals surface area (Å²) in [6.45, 7) is 0.209. The largest absolute Gasteiger partial charge is 0.353 e. The smallest absolute Gasteiger partial charge is 0.321 e. The Bertz CT molecular complexity index is 4160. The minimum Gasteiger partial charge on any atom is -0.353 e. The van der Waals surface area contributed by atoms with Crippen LogP contribution in [0.3, 0.4) is 0 Å². The third kappa shape index (κ3) is 8.44. The summed E-state index contributed by atoms with van der Waals surface area (Å²) in [6.07, 6.45) is 10.0. The number of carbonyl (C=O) groups is 2. The quantitative estimate of drug-likeness (QED) is 0.0776. The zero-order valence-electron chi connectivity index (χ0n) is 39.8. The highest BCUT2D eigenvalue weighted by molar-refractivity contribution is 6.04. The Kier molecular flexibility index (Phi) is 11.1. The Morgan fingerprint density at radius 1 is 0.527 bits per heavy atom. The predicted molar refractivity (Wildman–Crippen MR) is 283 cm³/mol. The van der Waals surface area contributed by atoms with Crippen LogP contribution in [-0.4, -0.2) is 93.3 Å². The molecule has 6 N–H and O–H groups in total. The van der Waals surface area contributed by atoms with Gasteiger partial charge >= 0.3 is 12.1 Å². The first-order valence-electron chi connectivity index (χ1n) is 23.4. The lowest BCUT2D eigenvalue weighted by Crippen LogP contribution is -2.31. The van der Waals surface area contributed by atoms with E-state index in [1.165, 1.54) is 29.2 Å². The maximum absolute atomic E-state index is 14.2. The molecule has 4 aromatic carbocycles. The molecule has 0 aliphatic rings. The molecule has 0 spiro atoms. The number of halogens is 2. The monoisotopic (exact) mass is 980 g/mol. The highest BCUT2D eigenvalue weighted by Crippen LogP contribution is 2.38. The average molecular weight is 981 g/mol. The van der Waals surface area contributed by atoms with E-state index < -0.39 is 0 Å². The van der Waals surface area contributed by atoms with Gasteiger partial charge in [0.25, 0.3) is 0 Å². The van der Waals surface area contributed by atoms with Gasteiger partial charge in [-0.25, -0.2) is 28.3 Å². The summed E-state index contributed by atoms with van der Waals surface area (Å²) in [4.78, 5) is 54.6. The van der Waals surface area contributed by atoms with E-state index in [9.17, 15) is 18.4 Å². The molecular weight excluding hydrogens is 939 g/mol. The number of amides is 4. The van der Waals surface area contributed by atoms with Crippen molar-refractivity contribution in [1.29, 1.82) is 0 Å². The van der Waals surface area contributed by atoms with Gasteiger partial charge in [-0.2, -0.15) is 10.2 Å². The Balaban J connectivity index is 0.818. The zero-order chi connectivity index (χ0) is 50.6. The number of benzene rings is 4. The van der Waals surface area contributed by atoms with Gasteiger partial charge in [0, 0.05) is 102 Å². The van der Waals surface area contributed by atoms with Crippen LogP contribution in [0, 0.1) is 11.6 Å². The summed E-state index contributed by atoms with van der Waals surface area (Å²) in [5, 5.41) is 24.5. The number of nitrogens with one attached hydrogen (secondary N) is 6. The van der Waals surface area contributed by atoms with Crippen molar-refractivity contribution in [2.75, 3.05) is 31.8 Å². The lowest BCUT2D eigenvalue weighted by Gasteiger charge is -2.19. The van der Waals surface area contributed by atoms with Crippen LogP contribution in [0.2, 0.25) is 0 Å². The molecule has 4 amide bonds. The second-order valence-electron chi connectivity index (χ2n) is 18.1. The number of aromatic nitrogens is 10. The molecule has 0 radical (unpaired) electrons. The first kappa shape index (κ1) is 45.1. The third-order valence-corrected chi connectivity index (χ3v) is 13.0. The molecule has 16 nitrogen and oxygen atoms in total. The number of urea groups is 2. The molecule has 8 heterocycles. The van der Waals surface area contributed by atoms with Crippen molar-refractivity contribution < 1.29 is 18.4 Å². The van der Waals surface area contributed by atoms with Gasteiger partial charge in [-0.15, -0.1) is 0 Å². The number of carbonyl (C=O) groups excluding carboxylic acids is 2. The lowest BCUT2D eigenvalue weighted by atomic mass is 9.98. The minimum absolute atomic E-state index is 0.209. The highest BCUT2D eigenvalue weighted by Gasteiger charge is 2.21. The summed E-state index contributed by atoms with van der Waals surface area (Å²) in [6, 6.07) is 33.6. The summed E-state index contributed by atoms with van der Waals surface area (Å²) in [5.41, 5.74) is 13.7. The van der Waals surface area contributed by atoms with Gasteiger partial charge in [0.15, 0.2) is 11.3 Å². The molecule has 0 saturated carbocycles. The summed E-state index contributed by atoms with van der Waals surface area (Å²) in [7, 11) is 5.04. The minimum atomic E-state index is -0.370. The van der Waals surface area contributed by atoms with E-state index in [1.54, 1.807) is 81.4 Å². The Morgan fingerprint density at radius 2 is 1.12 bits per heavy atom. The second kappa shape index (κ2) is 18.3. The van der Waals surface area contributed by atoms with Crippen molar-refractivity contribution in [3.8, 4) is 67.3 Å². The van der Waals surface area contributed by atoms with Gasteiger partial charge < -0.3 is 30.4 Å². The fraction of sp³-hybridized carbons (Fsp3) is 0.0714. The van der Waals surface area contributed by atoms with Crippen molar-refractivity contribution in [2.45, 2.75) is 6.54 Å². The predicted octanol–water partition coefficient (Wildman–Crippen LogP) is 12.0. The fourth-order valence-electron chi connectivity index (χ4n) is 9.26. The molecule has 12 rings (SSSR count). The molecule has 12 aromatic rings. The van der Waals surface area contributed by atoms with Gasteiger partial charge in [0.1, 0.15) is 23.0 Å². The molecule has 0 bridgehead atoms. The molecule has 362 valence electrons. The Morgan fingerprint density at radius 3 is 1.77 bits per heavy atom. The second-order valence-corrected chi connectivity index (χ2v) is 18.1. The first-order chi connectivity index (χ1) is 36.0. The van der Waals surface area contributed by atoms with E-state index in [0.29, 0.717) is 39.8 Å². The van der Waals surface area contributed by atoms with Crippen LogP contribution in [0.5, 0.6) is 0 Å². The first-order valence-corrected chi connectivity index (χ1v) is 23.4. The van der Waals surface area contributed by atoms with E-state index in [2.05, 4.69) is 60.9 Å². The molecule has 0 atom stereocenters. The number of rotatable bonds is 10. The number of H-pyrrole nitrogens is 4. The molecule has 0 aliphatic carbocycles. The standard InChI is InChI=1S/C56H42F2N14O2/c1-71(2)55(73)63-39-17-33(23-59-27-39)36-20-46-52(68-70-54(46)62-26-36)49-22-44-42(30-10-13-37(57)14-11-30)15-12-32(50(44)66-49)29-72(3)56(74)64-40-18-34(24-60-28-40)35-19-45-51(67-69-53(45)61-25-35)48-21-43-41(8-5-9-47(43)65-48)31-6-4-7-38(58)16-31/h4-28,65-66H,29H2,1-3H3,(H,63,73)(H,64,74)(H,61,67,69)(H,62,68,70). The van der Waals surface area contributed by atoms with Gasteiger partial charge in [-0.3, -0.25) is 20.2 Å². The maximum atomic E-state index is 14.2. The van der Waals surface area contributed by atoms with E-state index in [-0.39, 0.29) is 30.2 Å². The maximum Gasteiger partial charge on any atom is 0.321 e. The zero-order valence-corrected chi connectivity index (χ0v) is 39.8. The van der Waals surface area contributed by atoms with Crippen LogP contribution in [0.25, 0.3) is 111 Å². The van der Waals surface area contributed by atoms with Crippen LogP contribution in [0.4, 0.5) is 29.7 Å². The van der Waals surface area contributed by atoms with Crippen LogP contribution < -0.4 is 10.6 Å². The average Bonchev–Trinajstić information content (AvgIpc) is 4.24. The van der Waals surface area contributed by atoms with E-state index in [4.69, 9.17) is 0 Å². The number of hydrogen-bond donors (Lipinski definition) is 6. The summed E-state index contributed by atoms with van der Waals surface area (Å²) < 4.78 is 28.4. The van der Waals surface area contributed by atoms with Crippen molar-refractivity contribution >= 4 is 67.3 Å².